The fourth-order valence-electron chi connectivity index (χ4n) is 6.14. The average Bonchev–Trinajstić information content (AvgIpc) is 3.00. The van der Waals surface area contributed by atoms with Crippen LogP contribution in [-0.4, -0.2) is 65.9 Å². The number of amides is 2. The van der Waals surface area contributed by atoms with Gasteiger partial charge >= 0.3 is 6.18 Å². The summed E-state index contributed by atoms with van der Waals surface area (Å²) < 4.78 is 99.4. The number of aromatic amines is 1. The van der Waals surface area contributed by atoms with Gasteiger partial charge in [0.15, 0.2) is 0 Å². The molecule has 2 aliphatic rings. The van der Waals surface area contributed by atoms with E-state index in [-0.39, 0.29) is 59.1 Å². The van der Waals surface area contributed by atoms with Crippen molar-refractivity contribution >= 4 is 23.2 Å². The number of hydrogen-bond acceptors (Lipinski definition) is 5. The highest BCUT2D eigenvalue weighted by molar-refractivity contribution is 6.07. The molecule has 1 saturated carbocycles. The number of piperazine rings is 1. The second-order valence-electron chi connectivity index (χ2n) is 12.5. The van der Waals surface area contributed by atoms with Gasteiger partial charge in [0.25, 0.3) is 11.8 Å². The maximum absolute atomic E-state index is 15.8. The molecule has 0 radical (unpaired) electrons. The van der Waals surface area contributed by atoms with Gasteiger partial charge < -0.3 is 20.5 Å². The number of alkyl halides is 5. The predicted octanol–water partition coefficient (Wildman–Crippen LogP) is 6.43. The van der Waals surface area contributed by atoms with Crippen LogP contribution in [0.5, 0.6) is 0 Å². The summed E-state index contributed by atoms with van der Waals surface area (Å²) in [6, 6.07) is 5.21. The maximum atomic E-state index is 15.8. The summed E-state index contributed by atoms with van der Waals surface area (Å²) in [4.78, 5) is 43.7. The first-order valence-electron chi connectivity index (χ1n) is 15.3. The van der Waals surface area contributed by atoms with Crippen LogP contribution >= 0.6 is 0 Å². The zero-order valence-corrected chi connectivity index (χ0v) is 26.3. The fourth-order valence-corrected chi connectivity index (χ4v) is 6.14. The molecule has 0 spiro atoms. The zero-order chi connectivity index (χ0) is 35.1. The van der Waals surface area contributed by atoms with Crippen molar-refractivity contribution in [3.63, 3.8) is 0 Å². The van der Waals surface area contributed by atoms with Crippen molar-refractivity contribution in [1.82, 2.24) is 15.2 Å². The molecule has 3 aromatic rings. The lowest BCUT2D eigenvalue weighted by atomic mass is 9.92. The number of pyridine rings is 1. The minimum atomic E-state index is -5.03. The maximum Gasteiger partial charge on any atom is 0.417 e. The molecule has 8 nitrogen and oxygen atoms in total. The smallest absolute Gasteiger partial charge is 0.367 e. The van der Waals surface area contributed by atoms with E-state index in [1.165, 1.54) is 12.1 Å². The molecule has 2 aromatic carbocycles. The van der Waals surface area contributed by atoms with Crippen LogP contribution < -0.4 is 21.1 Å². The van der Waals surface area contributed by atoms with Gasteiger partial charge in [-0.15, -0.1) is 0 Å². The summed E-state index contributed by atoms with van der Waals surface area (Å²) in [6.07, 6.45) is -5.15. The highest BCUT2D eigenvalue weighted by Crippen LogP contribution is 2.38. The van der Waals surface area contributed by atoms with E-state index >= 15 is 8.78 Å². The predicted molar refractivity (Wildman–Crippen MR) is 165 cm³/mol. The number of likely N-dealkylation sites (N-methyl/N-ethyl adjacent to an activating group) is 1. The van der Waals surface area contributed by atoms with Crippen LogP contribution in [0.1, 0.15) is 65.8 Å². The highest BCUT2D eigenvalue weighted by Gasteiger charge is 2.37. The van der Waals surface area contributed by atoms with Gasteiger partial charge in [0.05, 0.1) is 28.1 Å². The van der Waals surface area contributed by atoms with E-state index in [1.807, 2.05) is 20.9 Å². The first kappa shape index (κ1) is 34.9. The normalized spacial score (nSPS) is 20.4. The number of carbonyl (C=O) groups excluding carboxylic acids is 2. The number of hydrogen-bond donors (Lipinski definition) is 3. The van der Waals surface area contributed by atoms with Crippen LogP contribution in [-0.2, 0) is 6.18 Å². The van der Waals surface area contributed by atoms with Crippen molar-refractivity contribution < 1.29 is 40.3 Å². The standard InChI is InChI=1S/C33H34F7N5O3/c1-17-15-45(16-18(2)44(17)3)28-13-26(35)22(11-27(28)43-31(48)23-14-41-29(46)12-24(23)33(38,39)40)19-4-5-21(25(34)10-19)30(47)42-20-6-8-32(36,37)9-7-20/h4-5,10-14,17-18,20H,6-9,15-16H2,1-3H3,(H,41,46)(H,42,47)(H,43,48). The van der Waals surface area contributed by atoms with Crippen LogP contribution in [0.3, 0.4) is 0 Å². The molecule has 2 unspecified atom stereocenters. The number of nitrogens with one attached hydrogen (secondary N) is 3. The van der Waals surface area contributed by atoms with Crippen molar-refractivity contribution in [2.24, 2.45) is 0 Å². The molecule has 5 rings (SSSR count). The number of aromatic nitrogens is 1. The van der Waals surface area contributed by atoms with Crippen molar-refractivity contribution in [1.29, 1.82) is 0 Å². The molecule has 0 bridgehead atoms. The number of carbonyl (C=O) groups is 2. The van der Waals surface area contributed by atoms with Crippen LogP contribution in [0.2, 0.25) is 0 Å². The Balaban J connectivity index is 1.50. The summed E-state index contributed by atoms with van der Waals surface area (Å²) in [5.74, 6) is -6.72. The van der Waals surface area contributed by atoms with E-state index in [0.717, 1.165) is 18.2 Å². The van der Waals surface area contributed by atoms with E-state index in [1.54, 1.807) is 4.90 Å². The lowest BCUT2D eigenvalue weighted by Crippen LogP contribution is -2.55. The third-order valence-corrected chi connectivity index (χ3v) is 9.09. The Bertz CT molecular complexity index is 1760. The number of anilines is 2. The molecule has 2 fully saturated rings. The van der Waals surface area contributed by atoms with Gasteiger partial charge in [-0.05, 0) is 63.6 Å². The Morgan fingerprint density at radius 1 is 0.917 bits per heavy atom. The molecule has 1 aromatic heterocycles. The molecule has 2 atom stereocenters. The van der Waals surface area contributed by atoms with E-state index in [4.69, 9.17) is 0 Å². The van der Waals surface area contributed by atoms with Gasteiger partial charge in [0.1, 0.15) is 11.6 Å². The van der Waals surface area contributed by atoms with E-state index in [2.05, 4.69) is 20.5 Å². The summed E-state index contributed by atoms with van der Waals surface area (Å²) >= 11 is 0. The number of H-pyrrole nitrogens is 1. The minimum absolute atomic E-state index is 0.0195. The third kappa shape index (κ3) is 7.50. The molecule has 48 heavy (non-hydrogen) atoms. The Morgan fingerprint density at radius 3 is 2.17 bits per heavy atom. The van der Waals surface area contributed by atoms with Crippen molar-refractivity contribution in [2.45, 2.75) is 69.8 Å². The summed E-state index contributed by atoms with van der Waals surface area (Å²) in [6.45, 7) is 4.63. The molecular formula is C33H34F7N5O3. The summed E-state index contributed by atoms with van der Waals surface area (Å²) in [5.41, 5.74) is -3.96. The topological polar surface area (TPSA) is 97.5 Å². The van der Waals surface area contributed by atoms with Gasteiger partial charge in [-0.25, -0.2) is 17.6 Å². The third-order valence-electron chi connectivity index (χ3n) is 9.09. The Hall–Kier alpha value is -4.40. The first-order valence-corrected chi connectivity index (χ1v) is 15.3. The summed E-state index contributed by atoms with van der Waals surface area (Å²) in [5, 5.41) is 4.99. The summed E-state index contributed by atoms with van der Waals surface area (Å²) in [7, 11) is 1.92. The monoisotopic (exact) mass is 681 g/mol. The largest absolute Gasteiger partial charge is 0.417 e. The lowest BCUT2D eigenvalue weighted by molar-refractivity contribution is -0.138. The van der Waals surface area contributed by atoms with Gasteiger partial charge in [0.2, 0.25) is 11.5 Å². The molecule has 15 heteroatoms. The molecule has 1 saturated heterocycles. The number of nitrogens with zero attached hydrogens (tertiary/aromatic N) is 2. The second kappa shape index (κ2) is 13.2. The average molecular weight is 682 g/mol. The number of rotatable bonds is 6. The molecule has 1 aliphatic heterocycles. The van der Waals surface area contributed by atoms with Crippen LogP contribution in [0.15, 0.2) is 47.4 Å². The molecule has 1 aliphatic carbocycles. The molecule has 2 amide bonds. The van der Waals surface area contributed by atoms with E-state index in [9.17, 15) is 36.3 Å². The second-order valence-corrected chi connectivity index (χ2v) is 12.5. The minimum Gasteiger partial charge on any atom is -0.367 e. The highest BCUT2D eigenvalue weighted by atomic mass is 19.4. The van der Waals surface area contributed by atoms with Gasteiger partial charge in [-0.3, -0.25) is 19.3 Å². The van der Waals surface area contributed by atoms with Gasteiger partial charge in [-0.2, -0.15) is 13.2 Å². The van der Waals surface area contributed by atoms with Crippen LogP contribution in [0.25, 0.3) is 11.1 Å². The molecule has 2 heterocycles. The van der Waals surface area contributed by atoms with Gasteiger partial charge in [-0.1, -0.05) is 6.07 Å². The van der Waals surface area contributed by atoms with Crippen molar-refractivity contribution in [3.8, 4) is 11.1 Å². The first-order chi connectivity index (χ1) is 22.4. The number of benzene rings is 2. The van der Waals surface area contributed by atoms with Crippen molar-refractivity contribution in [3.05, 3.63) is 81.3 Å². The Morgan fingerprint density at radius 2 is 1.56 bits per heavy atom. The lowest BCUT2D eigenvalue weighted by Gasteiger charge is -2.44. The number of halogens is 7. The van der Waals surface area contributed by atoms with Crippen LogP contribution in [0, 0.1) is 11.6 Å². The van der Waals surface area contributed by atoms with E-state index in [0.29, 0.717) is 19.3 Å². The fraction of sp³-hybridized carbons (Fsp3) is 0.424. The van der Waals surface area contributed by atoms with Crippen LogP contribution in [0.4, 0.5) is 42.1 Å². The Kier molecular flexibility index (Phi) is 9.64. The van der Waals surface area contributed by atoms with Gasteiger partial charge in [0, 0.05) is 61.9 Å². The molecule has 3 N–H and O–H groups in total. The zero-order valence-electron chi connectivity index (χ0n) is 26.3. The van der Waals surface area contributed by atoms with Crippen molar-refractivity contribution in [2.75, 3.05) is 30.4 Å². The molecular weight excluding hydrogens is 647 g/mol. The Labute approximate surface area is 271 Å². The SMILES string of the molecule is CC1CN(c2cc(F)c(-c3ccc(C(=O)NC4CCC(F)(F)CC4)c(F)c3)cc2NC(=O)c2c[nH]c(=O)cc2C(F)(F)F)CC(C)N1C. The quantitative estimate of drug-likeness (QED) is 0.261. The van der Waals surface area contributed by atoms with E-state index < -0.39 is 71.1 Å². The molecule has 258 valence electrons.